The number of benzene rings is 2. The largest absolute Gasteiger partial charge is 0.322 e. The number of anilines is 1. The van der Waals surface area contributed by atoms with Gasteiger partial charge in [0.15, 0.2) is 0 Å². The SMILES string of the molecule is Cc1nc(-c2ccc(NC(=O)c3ccc(-c4cccs4)cc3)cc2)cs1. The Bertz CT molecular complexity index is 1020. The van der Waals surface area contributed by atoms with Crippen molar-refractivity contribution in [3.05, 3.63) is 82.0 Å². The van der Waals surface area contributed by atoms with Gasteiger partial charge in [-0.2, -0.15) is 0 Å². The van der Waals surface area contributed by atoms with Gasteiger partial charge in [0, 0.05) is 27.1 Å². The van der Waals surface area contributed by atoms with Gasteiger partial charge in [-0.05, 0) is 48.2 Å². The van der Waals surface area contributed by atoms with Gasteiger partial charge in [0.25, 0.3) is 5.91 Å². The average molecular weight is 377 g/mol. The van der Waals surface area contributed by atoms with Crippen LogP contribution < -0.4 is 5.32 Å². The third-order valence-electron chi connectivity index (χ3n) is 4.01. The van der Waals surface area contributed by atoms with E-state index in [2.05, 4.69) is 16.4 Å². The summed E-state index contributed by atoms with van der Waals surface area (Å²) >= 11 is 3.32. The maximum absolute atomic E-state index is 12.5. The van der Waals surface area contributed by atoms with E-state index in [1.54, 1.807) is 22.7 Å². The fraction of sp³-hybridized carbons (Fsp3) is 0.0476. The number of thiophene rings is 1. The summed E-state index contributed by atoms with van der Waals surface area (Å²) in [6.07, 6.45) is 0. The Kier molecular flexibility index (Phi) is 4.65. The number of hydrogen-bond acceptors (Lipinski definition) is 4. The standard InChI is InChI=1S/C21H16N2OS2/c1-14-22-19(13-26-14)15-8-10-18(11-9-15)23-21(24)17-6-4-16(5-7-17)20-3-2-12-25-20/h2-13H,1H3,(H,23,24). The van der Waals surface area contributed by atoms with Crippen LogP contribution in [0.5, 0.6) is 0 Å². The maximum Gasteiger partial charge on any atom is 0.255 e. The molecular formula is C21H16N2OS2. The third kappa shape index (κ3) is 3.59. The molecular weight excluding hydrogens is 360 g/mol. The van der Waals surface area contributed by atoms with Gasteiger partial charge in [-0.3, -0.25) is 4.79 Å². The fourth-order valence-electron chi connectivity index (χ4n) is 2.65. The van der Waals surface area contributed by atoms with E-state index in [1.165, 1.54) is 4.88 Å². The molecule has 0 atom stereocenters. The number of nitrogens with zero attached hydrogens (tertiary/aromatic N) is 1. The quantitative estimate of drug-likeness (QED) is 0.467. The third-order valence-corrected chi connectivity index (χ3v) is 5.70. The minimum absolute atomic E-state index is 0.111. The van der Waals surface area contributed by atoms with E-state index in [0.717, 1.165) is 27.5 Å². The number of rotatable bonds is 4. The first kappa shape index (κ1) is 16.7. The Morgan fingerprint density at radius 1 is 0.923 bits per heavy atom. The Morgan fingerprint density at radius 2 is 1.65 bits per heavy atom. The highest BCUT2D eigenvalue weighted by Gasteiger charge is 2.08. The average Bonchev–Trinajstić information content (AvgIpc) is 3.34. The second kappa shape index (κ2) is 7.23. The zero-order valence-electron chi connectivity index (χ0n) is 14.1. The van der Waals surface area contributed by atoms with Crippen LogP contribution in [0.25, 0.3) is 21.7 Å². The topological polar surface area (TPSA) is 42.0 Å². The van der Waals surface area contributed by atoms with Gasteiger partial charge in [-0.25, -0.2) is 4.98 Å². The van der Waals surface area contributed by atoms with Crippen molar-refractivity contribution in [3.8, 4) is 21.7 Å². The molecule has 0 saturated heterocycles. The molecule has 1 amide bonds. The second-order valence-corrected chi connectivity index (χ2v) is 7.85. The van der Waals surface area contributed by atoms with Crippen LogP contribution in [-0.4, -0.2) is 10.9 Å². The molecule has 0 unspecified atom stereocenters. The molecule has 0 spiro atoms. The van der Waals surface area contributed by atoms with Crippen LogP contribution in [0.2, 0.25) is 0 Å². The van der Waals surface area contributed by atoms with E-state index >= 15 is 0 Å². The maximum atomic E-state index is 12.5. The first-order valence-electron chi connectivity index (χ1n) is 8.17. The highest BCUT2D eigenvalue weighted by Crippen LogP contribution is 2.25. The van der Waals surface area contributed by atoms with Crippen molar-refractivity contribution in [2.24, 2.45) is 0 Å². The number of carbonyl (C=O) groups excluding carboxylic acids is 1. The van der Waals surface area contributed by atoms with Gasteiger partial charge < -0.3 is 5.32 Å². The number of hydrogen-bond donors (Lipinski definition) is 1. The van der Waals surface area contributed by atoms with Crippen LogP contribution in [-0.2, 0) is 0 Å². The number of amides is 1. The summed E-state index contributed by atoms with van der Waals surface area (Å²) < 4.78 is 0. The smallest absolute Gasteiger partial charge is 0.255 e. The molecule has 0 bridgehead atoms. The number of carbonyl (C=O) groups is 1. The lowest BCUT2D eigenvalue weighted by molar-refractivity contribution is 0.102. The van der Waals surface area contributed by atoms with Crippen molar-refractivity contribution >= 4 is 34.3 Å². The van der Waals surface area contributed by atoms with E-state index in [4.69, 9.17) is 0 Å². The highest BCUT2D eigenvalue weighted by molar-refractivity contribution is 7.13. The number of aromatic nitrogens is 1. The van der Waals surface area contributed by atoms with E-state index in [0.29, 0.717) is 5.56 Å². The summed E-state index contributed by atoms with van der Waals surface area (Å²) in [5, 5.41) is 8.07. The molecule has 2 heterocycles. The molecule has 0 fully saturated rings. The number of thiazole rings is 1. The normalized spacial score (nSPS) is 10.7. The van der Waals surface area contributed by atoms with Crippen molar-refractivity contribution < 1.29 is 4.79 Å². The fourth-order valence-corrected chi connectivity index (χ4v) is 4.01. The van der Waals surface area contributed by atoms with Gasteiger partial charge in [0.1, 0.15) is 0 Å². The molecule has 128 valence electrons. The molecule has 4 rings (SSSR count). The van der Waals surface area contributed by atoms with Crippen LogP contribution in [0.15, 0.2) is 71.4 Å². The van der Waals surface area contributed by atoms with Crippen molar-refractivity contribution in [3.63, 3.8) is 0 Å². The van der Waals surface area contributed by atoms with Gasteiger partial charge in [-0.1, -0.05) is 30.3 Å². The predicted octanol–water partition coefficient (Wildman–Crippen LogP) is 6.10. The zero-order valence-corrected chi connectivity index (χ0v) is 15.7. The Morgan fingerprint density at radius 3 is 2.27 bits per heavy atom. The Labute approximate surface area is 160 Å². The van der Waals surface area contributed by atoms with Crippen molar-refractivity contribution in [1.29, 1.82) is 0 Å². The summed E-state index contributed by atoms with van der Waals surface area (Å²) in [7, 11) is 0. The lowest BCUT2D eigenvalue weighted by atomic mass is 10.1. The summed E-state index contributed by atoms with van der Waals surface area (Å²) in [4.78, 5) is 18.1. The molecule has 0 radical (unpaired) electrons. The highest BCUT2D eigenvalue weighted by atomic mass is 32.1. The molecule has 0 aliphatic carbocycles. The zero-order chi connectivity index (χ0) is 17.9. The summed E-state index contributed by atoms with van der Waals surface area (Å²) in [5.41, 5.74) is 4.55. The second-order valence-electron chi connectivity index (χ2n) is 5.84. The monoisotopic (exact) mass is 376 g/mol. The molecule has 26 heavy (non-hydrogen) atoms. The molecule has 3 nitrogen and oxygen atoms in total. The Balaban J connectivity index is 1.46. The molecule has 0 aliphatic heterocycles. The van der Waals surface area contributed by atoms with Gasteiger partial charge in [-0.15, -0.1) is 22.7 Å². The van der Waals surface area contributed by atoms with Crippen LogP contribution in [0.4, 0.5) is 5.69 Å². The van der Waals surface area contributed by atoms with Crippen LogP contribution >= 0.6 is 22.7 Å². The summed E-state index contributed by atoms with van der Waals surface area (Å²) in [6.45, 7) is 1.99. The van der Waals surface area contributed by atoms with Crippen LogP contribution in [0, 0.1) is 6.92 Å². The predicted molar refractivity (Wildman–Crippen MR) is 110 cm³/mol. The van der Waals surface area contributed by atoms with E-state index < -0.39 is 0 Å². The van der Waals surface area contributed by atoms with Crippen molar-refractivity contribution in [2.75, 3.05) is 5.32 Å². The lowest BCUT2D eigenvalue weighted by Gasteiger charge is -2.07. The summed E-state index contributed by atoms with van der Waals surface area (Å²) in [6, 6.07) is 19.5. The molecule has 0 saturated carbocycles. The van der Waals surface area contributed by atoms with E-state index in [9.17, 15) is 4.79 Å². The van der Waals surface area contributed by atoms with E-state index in [-0.39, 0.29) is 5.91 Å². The molecule has 2 aromatic heterocycles. The molecule has 5 heteroatoms. The van der Waals surface area contributed by atoms with Gasteiger partial charge >= 0.3 is 0 Å². The first-order chi connectivity index (χ1) is 12.7. The van der Waals surface area contributed by atoms with Crippen molar-refractivity contribution in [2.45, 2.75) is 6.92 Å². The van der Waals surface area contributed by atoms with Crippen molar-refractivity contribution in [1.82, 2.24) is 4.98 Å². The molecule has 2 aromatic carbocycles. The van der Waals surface area contributed by atoms with Gasteiger partial charge in [0.05, 0.1) is 10.7 Å². The van der Waals surface area contributed by atoms with Crippen LogP contribution in [0.1, 0.15) is 15.4 Å². The lowest BCUT2D eigenvalue weighted by Crippen LogP contribution is -2.11. The minimum atomic E-state index is -0.111. The first-order valence-corrected chi connectivity index (χ1v) is 9.93. The minimum Gasteiger partial charge on any atom is -0.322 e. The molecule has 1 N–H and O–H groups in total. The number of nitrogens with one attached hydrogen (secondary N) is 1. The number of aryl methyl sites for hydroxylation is 1. The summed E-state index contributed by atoms with van der Waals surface area (Å²) in [5.74, 6) is -0.111. The van der Waals surface area contributed by atoms with Crippen LogP contribution in [0.3, 0.4) is 0 Å². The van der Waals surface area contributed by atoms with E-state index in [1.807, 2.05) is 72.3 Å². The Hall–Kier alpha value is -2.76. The molecule has 0 aliphatic rings. The van der Waals surface area contributed by atoms with Gasteiger partial charge in [0.2, 0.25) is 0 Å². The molecule has 4 aromatic rings.